The van der Waals surface area contributed by atoms with Crippen molar-refractivity contribution >= 4 is 11.8 Å². The highest BCUT2D eigenvalue weighted by molar-refractivity contribution is 5.92. The van der Waals surface area contributed by atoms with Gasteiger partial charge in [-0.2, -0.15) is 4.57 Å². The number of hydrogen-bond acceptors (Lipinski definition) is 2. The maximum atomic E-state index is 11.4. The number of nitrogens with zero attached hydrogens (tertiary/aromatic N) is 1. The van der Waals surface area contributed by atoms with Crippen LogP contribution in [0.15, 0.2) is 37.2 Å². The molecule has 6 heteroatoms. The summed E-state index contributed by atoms with van der Waals surface area (Å²) in [4.78, 5) is 22.3. The number of aromatic nitrogens is 1. The van der Waals surface area contributed by atoms with E-state index >= 15 is 0 Å². The molecular formula is C11H14ClN3O2. The molecule has 0 aliphatic heterocycles. The Bertz CT molecular complexity index is 421. The summed E-state index contributed by atoms with van der Waals surface area (Å²) in [6.07, 6.45) is 4.83. The first kappa shape index (κ1) is 15.1. The number of halogens is 1. The minimum Gasteiger partial charge on any atom is -1.00 e. The van der Waals surface area contributed by atoms with Crippen LogP contribution in [0, 0.1) is 0 Å². The molecular weight excluding hydrogens is 242 g/mol. The number of nitrogens with one attached hydrogen (secondary N) is 1. The van der Waals surface area contributed by atoms with Gasteiger partial charge in [-0.1, -0.05) is 6.08 Å². The standard InChI is InChI=1S/C11H13N3O2.ClH/c1-2-5-13-10(15)8-14-6-3-4-9(7-14)11(12)16;/h2-4,6-7H,1,5,8H2,(H2-,12,13,15,16);1H. The Kier molecular flexibility index (Phi) is 6.58. The smallest absolute Gasteiger partial charge is 0.286 e. The Morgan fingerprint density at radius 2 is 2.24 bits per heavy atom. The van der Waals surface area contributed by atoms with Crippen LogP contribution in [0.5, 0.6) is 0 Å². The first-order chi connectivity index (χ1) is 7.63. The minimum atomic E-state index is -0.513. The molecule has 0 aliphatic carbocycles. The lowest BCUT2D eigenvalue weighted by Gasteiger charge is -1.99. The molecule has 1 heterocycles. The molecule has 0 atom stereocenters. The number of hydrogen-bond donors (Lipinski definition) is 2. The molecule has 0 spiro atoms. The van der Waals surface area contributed by atoms with E-state index in [2.05, 4.69) is 11.9 Å². The summed E-state index contributed by atoms with van der Waals surface area (Å²) in [6.45, 7) is 4.07. The molecule has 1 aromatic heterocycles. The van der Waals surface area contributed by atoms with Crippen LogP contribution >= 0.6 is 0 Å². The third kappa shape index (κ3) is 5.12. The topological polar surface area (TPSA) is 76.1 Å². The Labute approximate surface area is 106 Å². The van der Waals surface area contributed by atoms with Crippen molar-refractivity contribution in [3.63, 3.8) is 0 Å². The van der Waals surface area contributed by atoms with Crippen molar-refractivity contribution in [2.24, 2.45) is 5.73 Å². The van der Waals surface area contributed by atoms with E-state index in [1.165, 1.54) is 6.20 Å². The van der Waals surface area contributed by atoms with Gasteiger partial charge in [0.15, 0.2) is 12.4 Å². The second kappa shape index (κ2) is 7.40. The second-order valence-corrected chi connectivity index (χ2v) is 3.22. The van der Waals surface area contributed by atoms with E-state index < -0.39 is 5.91 Å². The van der Waals surface area contributed by atoms with Crippen molar-refractivity contribution in [1.29, 1.82) is 0 Å². The molecule has 0 aliphatic rings. The fourth-order valence-electron chi connectivity index (χ4n) is 1.17. The fourth-order valence-corrected chi connectivity index (χ4v) is 1.17. The monoisotopic (exact) mass is 255 g/mol. The Morgan fingerprint density at radius 3 is 2.82 bits per heavy atom. The van der Waals surface area contributed by atoms with Gasteiger partial charge in [-0.15, -0.1) is 6.58 Å². The highest BCUT2D eigenvalue weighted by Gasteiger charge is 2.10. The van der Waals surface area contributed by atoms with E-state index in [1.807, 2.05) is 0 Å². The van der Waals surface area contributed by atoms with Gasteiger partial charge < -0.3 is 23.5 Å². The van der Waals surface area contributed by atoms with Crippen LogP contribution in [0.3, 0.4) is 0 Å². The highest BCUT2D eigenvalue weighted by Crippen LogP contribution is 1.91. The SMILES string of the molecule is C=CCNC(=O)C[n+]1cccc(C(N)=O)c1.[Cl-]. The van der Waals surface area contributed by atoms with Crippen LogP contribution in [-0.2, 0) is 11.3 Å². The zero-order chi connectivity index (χ0) is 12.0. The number of rotatable bonds is 5. The third-order valence-electron chi connectivity index (χ3n) is 1.91. The summed E-state index contributed by atoms with van der Waals surface area (Å²) in [6, 6.07) is 3.27. The normalized spacial score (nSPS) is 8.94. The van der Waals surface area contributed by atoms with Crippen molar-refractivity contribution < 1.29 is 26.6 Å². The molecule has 0 bridgehead atoms. The van der Waals surface area contributed by atoms with E-state index in [0.717, 1.165) is 0 Å². The maximum Gasteiger partial charge on any atom is 0.286 e. The summed E-state index contributed by atoms with van der Waals surface area (Å²) in [5.41, 5.74) is 5.50. The van der Waals surface area contributed by atoms with Gasteiger partial charge in [0.25, 0.3) is 11.8 Å². The molecule has 2 amide bonds. The fraction of sp³-hybridized carbons (Fsp3) is 0.182. The van der Waals surface area contributed by atoms with E-state index in [4.69, 9.17) is 5.73 Å². The lowest BCUT2D eigenvalue weighted by molar-refractivity contribution is -0.684. The maximum absolute atomic E-state index is 11.4. The van der Waals surface area contributed by atoms with Crippen LogP contribution in [0.4, 0.5) is 0 Å². The Balaban J connectivity index is 0.00000256. The molecule has 0 saturated heterocycles. The summed E-state index contributed by atoms with van der Waals surface area (Å²) in [5.74, 6) is -0.660. The van der Waals surface area contributed by atoms with Crippen molar-refractivity contribution in [2.75, 3.05) is 6.54 Å². The lowest BCUT2D eigenvalue weighted by Crippen LogP contribution is -3.00. The van der Waals surface area contributed by atoms with Gasteiger partial charge in [-0.3, -0.25) is 9.59 Å². The van der Waals surface area contributed by atoms with E-state index in [1.54, 1.807) is 29.0 Å². The van der Waals surface area contributed by atoms with Crippen LogP contribution in [0.1, 0.15) is 10.4 Å². The summed E-state index contributed by atoms with van der Waals surface area (Å²) < 4.78 is 1.60. The molecule has 0 unspecified atom stereocenters. The predicted molar refractivity (Wildman–Crippen MR) is 58.4 cm³/mol. The molecule has 17 heavy (non-hydrogen) atoms. The summed E-state index contributed by atoms with van der Waals surface area (Å²) >= 11 is 0. The first-order valence-corrected chi connectivity index (χ1v) is 4.80. The zero-order valence-corrected chi connectivity index (χ0v) is 9.98. The van der Waals surface area contributed by atoms with Crippen LogP contribution < -0.4 is 28.0 Å². The van der Waals surface area contributed by atoms with E-state index in [0.29, 0.717) is 12.1 Å². The average Bonchev–Trinajstić information content (AvgIpc) is 2.26. The van der Waals surface area contributed by atoms with Gasteiger partial charge in [0, 0.05) is 12.6 Å². The van der Waals surface area contributed by atoms with Gasteiger partial charge in [0.2, 0.25) is 6.54 Å². The molecule has 92 valence electrons. The molecule has 1 rings (SSSR count). The number of carbonyl (C=O) groups is 2. The van der Waals surface area contributed by atoms with Gasteiger partial charge in [-0.05, 0) is 6.07 Å². The molecule has 3 N–H and O–H groups in total. The van der Waals surface area contributed by atoms with E-state index in [9.17, 15) is 9.59 Å². The Morgan fingerprint density at radius 1 is 1.53 bits per heavy atom. The molecule has 5 nitrogen and oxygen atoms in total. The van der Waals surface area contributed by atoms with Crippen LogP contribution in [-0.4, -0.2) is 18.4 Å². The largest absolute Gasteiger partial charge is 1.00 e. The van der Waals surface area contributed by atoms with Crippen LogP contribution in [0.25, 0.3) is 0 Å². The average molecular weight is 256 g/mol. The molecule has 1 aromatic rings. The quantitative estimate of drug-likeness (QED) is 0.421. The number of amides is 2. The lowest BCUT2D eigenvalue weighted by atomic mass is 10.3. The zero-order valence-electron chi connectivity index (χ0n) is 9.23. The van der Waals surface area contributed by atoms with Crippen molar-refractivity contribution in [3.8, 4) is 0 Å². The first-order valence-electron chi connectivity index (χ1n) is 4.80. The summed E-state index contributed by atoms with van der Waals surface area (Å²) in [5, 5.41) is 2.64. The molecule has 0 radical (unpaired) electrons. The molecule has 0 saturated carbocycles. The Hall–Kier alpha value is -1.88. The van der Waals surface area contributed by atoms with Crippen LogP contribution in [0.2, 0.25) is 0 Å². The number of primary amides is 1. The van der Waals surface area contributed by atoms with Gasteiger partial charge in [-0.25, -0.2) is 0 Å². The van der Waals surface area contributed by atoms with Gasteiger partial charge in [0.1, 0.15) is 5.56 Å². The minimum absolute atomic E-state index is 0. The number of pyridine rings is 1. The van der Waals surface area contributed by atoms with Crippen molar-refractivity contribution in [1.82, 2.24) is 5.32 Å². The van der Waals surface area contributed by atoms with E-state index in [-0.39, 0.29) is 24.9 Å². The second-order valence-electron chi connectivity index (χ2n) is 3.22. The van der Waals surface area contributed by atoms with Gasteiger partial charge in [0.05, 0.1) is 0 Å². The summed E-state index contributed by atoms with van der Waals surface area (Å²) in [7, 11) is 0. The number of carbonyl (C=O) groups excluding carboxylic acids is 2. The molecule has 0 fully saturated rings. The predicted octanol–water partition coefficient (Wildman–Crippen LogP) is -3.62. The van der Waals surface area contributed by atoms with Crippen molar-refractivity contribution in [2.45, 2.75) is 6.54 Å². The number of nitrogens with two attached hydrogens (primary N) is 1. The third-order valence-corrected chi connectivity index (χ3v) is 1.91. The van der Waals surface area contributed by atoms with Crippen molar-refractivity contribution in [3.05, 3.63) is 42.7 Å². The van der Waals surface area contributed by atoms with Gasteiger partial charge >= 0.3 is 0 Å². The molecule has 0 aromatic carbocycles. The highest BCUT2D eigenvalue weighted by atomic mass is 35.5.